The van der Waals surface area contributed by atoms with Crippen molar-refractivity contribution in [2.24, 2.45) is 0 Å². The van der Waals surface area contributed by atoms with Crippen molar-refractivity contribution in [2.45, 2.75) is 18.7 Å². The average molecular weight is 481 g/mol. The molecule has 1 aromatic heterocycles. The van der Waals surface area contributed by atoms with E-state index in [-0.39, 0.29) is 5.91 Å². The highest BCUT2D eigenvalue weighted by atomic mass is 19.4. The first-order valence-corrected chi connectivity index (χ1v) is 11.3. The summed E-state index contributed by atoms with van der Waals surface area (Å²) in [5.74, 6) is -0.107. The lowest BCUT2D eigenvalue weighted by atomic mass is 9.93. The lowest BCUT2D eigenvalue weighted by Gasteiger charge is -2.35. The summed E-state index contributed by atoms with van der Waals surface area (Å²) in [5, 5.41) is 0. The molecule has 2 aliphatic rings. The number of nitrogens with zero attached hydrogens (tertiary/aromatic N) is 3. The van der Waals surface area contributed by atoms with Gasteiger partial charge >= 0.3 is 12.1 Å². The normalized spacial score (nSPS) is 18.1. The fraction of sp³-hybridized carbons (Fsp3) is 0.269. The van der Waals surface area contributed by atoms with Gasteiger partial charge in [-0.2, -0.15) is 13.2 Å². The molecule has 6 nitrogen and oxygen atoms in total. The quantitative estimate of drug-likeness (QED) is 0.515. The summed E-state index contributed by atoms with van der Waals surface area (Å²) in [6.07, 6.45) is -3.52. The minimum Gasteiger partial charge on any atom is -0.454 e. The van der Waals surface area contributed by atoms with Crippen molar-refractivity contribution in [3.05, 3.63) is 94.7 Å². The van der Waals surface area contributed by atoms with Crippen LogP contribution in [0.1, 0.15) is 43.5 Å². The second-order valence-electron chi connectivity index (χ2n) is 8.56. The van der Waals surface area contributed by atoms with E-state index in [0.29, 0.717) is 49.5 Å². The van der Waals surface area contributed by atoms with E-state index in [2.05, 4.69) is 4.98 Å². The molecular weight excluding hydrogens is 459 g/mol. The van der Waals surface area contributed by atoms with Gasteiger partial charge < -0.3 is 14.5 Å². The lowest BCUT2D eigenvalue weighted by Crippen LogP contribution is -2.49. The van der Waals surface area contributed by atoms with Gasteiger partial charge in [0.15, 0.2) is 0 Å². The number of fused-ring (bicyclic) bond motifs is 1. The van der Waals surface area contributed by atoms with Gasteiger partial charge in [-0.05, 0) is 41.5 Å². The Kier molecular flexibility index (Phi) is 5.92. The Balaban J connectivity index is 1.26. The average Bonchev–Trinajstić information content (AvgIpc) is 2.88. The van der Waals surface area contributed by atoms with Crippen LogP contribution in [0.25, 0.3) is 0 Å². The molecule has 0 N–H and O–H groups in total. The maximum absolute atomic E-state index is 13.2. The van der Waals surface area contributed by atoms with E-state index in [1.54, 1.807) is 23.1 Å². The van der Waals surface area contributed by atoms with Gasteiger partial charge in [-0.25, -0.2) is 9.78 Å². The molecule has 0 aliphatic carbocycles. The Labute approximate surface area is 199 Å². The largest absolute Gasteiger partial charge is 0.454 e. The number of carbonyl (C=O) groups is 2. The SMILES string of the molecule is O=C1O[C@@H](c2ccccc2)Cc2cc(C(=O)N3CCN(c4ccc(C(F)(F)F)cn4)CC3)ccc21. The Morgan fingerprint density at radius 2 is 1.71 bits per heavy atom. The fourth-order valence-electron chi connectivity index (χ4n) is 4.44. The first kappa shape index (κ1) is 22.9. The van der Waals surface area contributed by atoms with Gasteiger partial charge in [-0.15, -0.1) is 0 Å². The highest BCUT2D eigenvalue weighted by Gasteiger charge is 2.32. The van der Waals surface area contributed by atoms with Crippen LogP contribution >= 0.6 is 0 Å². The number of amides is 1. The van der Waals surface area contributed by atoms with E-state index in [4.69, 9.17) is 4.74 Å². The Hall–Kier alpha value is -3.88. The van der Waals surface area contributed by atoms with E-state index in [9.17, 15) is 22.8 Å². The van der Waals surface area contributed by atoms with Crippen LogP contribution in [0.2, 0.25) is 0 Å². The molecule has 2 aliphatic heterocycles. The molecular formula is C26H22F3N3O3. The van der Waals surface area contributed by atoms with Gasteiger partial charge in [0, 0.05) is 44.4 Å². The molecule has 3 aromatic rings. The van der Waals surface area contributed by atoms with Gasteiger partial charge in [0.25, 0.3) is 5.91 Å². The molecule has 180 valence electrons. The second-order valence-corrected chi connectivity index (χ2v) is 8.56. The van der Waals surface area contributed by atoms with Crippen LogP contribution in [0.4, 0.5) is 19.0 Å². The summed E-state index contributed by atoms with van der Waals surface area (Å²) in [5.41, 5.74) is 1.84. The van der Waals surface area contributed by atoms with E-state index < -0.39 is 23.8 Å². The number of rotatable bonds is 3. The Bertz CT molecular complexity index is 1240. The smallest absolute Gasteiger partial charge is 0.417 e. The molecule has 0 bridgehead atoms. The van der Waals surface area contributed by atoms with Crippen molar-refractivity contribution in [3.8, 4) is 0 Å². The number of esters is 1. The first-order chi connectivity index (χ1) is 16.8. The molecule has 0 radical (unpaired) electrons. The molecule has 0 saturated carbocycles. The van der Waals surface area contributed by atoms with Crippen molar-refractivity contribution in [1.29, 1.82) is 0 Å². The van der Waals surface area contributed by atoms with Crippen molar-refractivity contribution >= 4 is 17.7 Å². The number of ether oxygens (including phenoxy) is 1. The third kappa shape index (κ3) is 4.71. The molecule has 1 saturated heterocycles. The molecule has 1 amide bonds. The van der Waals surface area contributed by atoms with E-state index >= 15 is 0 Å². The second kappa shape index (κ2) is 9.05. The van der Waals surface area contributed by atoms with Gasteiger partial charge in [-0.3, -0.25) is 4.79 Å². The number of anilines is 1. The molecule has 35 heavy (non-hydrogen) atoms. The van der Waals surface area contributed by atoms with Crippen LogP contribution in [0.5, 0.6) is 0 Å². The van der Waals surface area contributed by atoms with E-state index in [0.717, 1.165) is 23.4 Å². The zero-order chi connectivity index (χ0) is 24.6. The molecule has 5 rings (SSSR count). The number of cyclic esters (lactones) is 1. The highest BCUT2D eigenvalue weighted by molar-refractivity contribution is 5.98. The first-order valence-electron chi connectivity index (χ1n) is 11.3. The number of aromatic nitrogens is 1. The van der Waals surface area contributed by atoms with Gasteiger partial charge in [0.1, 0.15) is 11.9 Å². The predicted molar refractivity (Wildman–Crippen MR) is 122 cm³/mol. The van der Waals surface area contributed by atoms with Crippen LogP contribution < -0.4 is 4.90 Å². The van der Waals surface area contributed by atoms with Crippen molar-refractivity contribution in [3.63, 3.8) is 0 Å². The Morgan fingerprint density at radius 1 is 0.971 bits per heavy atom. The summed E-state index contributed by atoms with van der Waals surface area (Å²) in [4.78, 5) is 33.2. The zero-order valence-electron chi connectivity index (χ0n) is 18.7. The maximum Gasteiger partial charge on any atom is 0.417 e. The molecule has 1 fully saturated rings. The summed E-state index contributed by atoms with van der Waals surface area (Å²) in [7, 11) is 0. The van der Waals surface area contributed by atoms with Crippen LogP contribution in [0.15, 0.2) is 66.9 Å². The van der Waals surface area contributed by atoms with Crippen molar-refractivity contribution in [2.75, 3.05) is 31.1 Å². The fourth-order valence-corrected chi connectivity index (χ4v) is 4.44. The predicted octanol–water partition coefficient (Wildman–Crippen LogP) is 4.52. The maximum atomic E-state index is 13.2. The van der Waals surface area contributed by atoms with Gasteiger partial charge in [0.2, 0.25) is 0 Å². The van der Waals surface area contributed by atoms with E-state index in [1.807, 2.05) is 35.2 Å². The third-order valence-electron chi connectivity index (χ3n) is 6.36. The number of hydrogen-bond donors (Lipinski definition) is 0. The topological polar surface area (TPSA) is 62.7 Å². The van der Waals surface area contributed by atoms with Crippen LogP contribution in [0, 0.1) is 0 Å². The number of piperazine rings is 1. The lowest BCUT2D eigenvalue weighted by molar-refractivity contribution is -0.137. The summed E-state index contributed by atoms with van der Waals surface area (Å²) >= 11 is 0. The molecule has 2 aromatic carbocycles. The van der Waals surface area contributed by atoms with Crippen LogP contribution in [-0.4, -0.2) is 47.9 Å². The molecule has 9 heteroatoms. The Morgan fingerprint density at radius 3 is 2.37 bits per heavy atom. The highest BCUT2D eigenvalue weighted by Crippen LogP contribution is 2.32. The number of hydrogen-bond acceptors (Lipinski definition) is 5. The summed E-state index contributed by atoms with van der Waals surface area (Å²) < 4.78 is 43.9. The monoisotopic (exact) mass is 481 g/mol. The number of alkyl halides is 3. The third-order valence-corrected chi connectivity index (χ3v) is 6.36. The minimum absolute atomic E-state index is 0.150. The number of pyridine rings is 1. The number of benzene rings is 2. The summed E-state index contributed by atoms with van der Waals surface area (Å²) in [6, 6.07) is 16.9. The molecule has 0 unspecified atom stereocenters. The number of halogens is 3. The van der Waals surface area contributed by atoms with Gasteiger partial charge in [-0.1, -0.05) is 30.3 Å². The number of carbonyl (C=O) groups excluding carboxylic acids is 2. The van der Waals surface area contributed by atoms with Gasteiger partial charge in [0.05, 0.1) is 11.1 Å². The van der Waals surface area contributed by atoms with Crippen LogP contribution in [0.3, 0.4) is 0 Å². The molecule has 3 heterocycles. The molecule has 1 atom stereocenters. The van der Waals surface area contributed by atoms with E-state index in [1.165, 1.54) is 6.07 Å². The zero-order valence-corrected chi connectivity index (χ0v) is 18.7. The van der Waals surface area contributed by atoms with Crippen molar-refractivity contribution in [1.82, 2.24) is 9.88 Å². The standard InChI is InChI=1S/C26H22F3N3O3/c27-26(28,29)20-7-9-23(30-16-20)31-10-12-32(13-11-31)24(33)18-6-8-21-19(14-18)15-22(35-25(21)34)17-4-2-1-3-5-17/h1-9,14,16,22H,10-13,15H2/t22-/m1/s1. The minimum atomic E-state index is -4.43. The van der Waals surface area contributed by atoms with Crippen LogP contribution in [-0.2, 0) is 17.3 Å². The van der Waals surface area contributed by atoms with Crippen molar-refractivity contribution < 1.29 is 27.5 Å². The summed E-state index contributed by atoms with van der Waals surface area (Å²) in [6.45, 7) is 1.73. The molecule has 0 spiro atoms.